The van der Waals surface area contributed by atoms with Crippen molar-refractivity contribution in [2.45, 2.75) is 19.3 Å². The van der Waals surface area contributed by atoms with Crippen LogP contribution in [0.5, 0.6) is 0 Å². The summed E-state index contributed by atoms with van der Waals surface area (Å²) in [5, 5.41) is 2.79. The number of hydrogen-bond acceptors (Lipinski definition) is 3. The monoisotopic (exact) mass is 402 g/mol. The van der Waals surface area contributed by atoms with Crippen molar-refractivity contribution in [3.8, 4) is 0 Å². The zero-order chi connectivity index (χ0) is 17.6. The first kappa shape index (κ1) is 16.5. The summed E-state index contributed by atoms with van der Waals surface area (Å²) < 4.78 is 0.935. The Balaban J connectivity index is 1.38. The number of nitrogens with zero attached hydrogens (tertiary/aromatic N) is 1. The minimum atomic E-state index is -0.203. The first-order chi connectivity index (χ1) is 12.0. The molecule has 1 N–H and O–H groups in total. The van der Waals surface area contributed by atoms with Gasteiger partial charge in [0.25, 0.3) is 0 Å². The minimum Gasteiger partial charge on any atom is -0.326 e. The highest BCUT2D eigenvalue weighted by Crippen LogP contribution is 2.49. The second-order valence-electron chi connectivity index (χ2n) is 6.97. The summed E-state index contributed by atoms with van der Waals surface area (Å²) in [7, 11) is 0. The Morgan fingerprint density at radius 1 is 1.04 bits per heavy atom. The number of nitrogens with one attached hydrogen (secondary N) is 1. The fourth-order valence-electron chi connectivity index (χ4n) is 4.33. The van der Waals surface area contributed by atoms with Crippen molar-refractivity contribution in [2.75, 3.05) is 11.9 Å². The number of benzene rings is 1. The summed E-state index contributed by atoms with van der Waals surface area (Å²) in [5.41, 5.74) is 0.697. The van der Waals surface area contributed by atoms with Crippen LogP contribution in [-0.4, -0.2) is 29.2 Å². The number of carbonyl (C=O) groups excluding carboxylic acids is 3. The molecule has 1 aliphatic heterocycles. The summed E-state index contributed by atoms with van der Waals surface area (Å²) >= 11 is 3.35. The molecule has 0 radical (unpaired) electrons. The van der Waals surface area contributed by atoms with Gasteiger partial charge in [-0.05, 0) is 48.9 Å². The van der Waals surface area contributed by atoms with E-state index in [4.69, 9.17) is 0 Å². The highest BCUT2D eigenvalue weighted by molar-refractivity contribution is 9.10. The van der Waals surface area contributed by atoms with E-state index < -0.39 is 0 Å². The average Bonchev–Trinajstić information content (AvgIpc) is 2.89. The summed E-state index contributed by atoms with van der Waals surface area (Å²) in [6, 6.07) is 7.28. The molecule has 25 heavy (non-hydrogen) atoms. The standard InChI is InChI=1S/C19H19BrN2O3/c20-13-5-7-14(8-6-13)21-15(23)9-10-22-18(24)16-11-1-2-12(4-3-11)17(16)19(22)25/h1-2,5-8,11-12,16-17H,3-4,9-10H2,(H,21,23)/t11-,12-,16-,17-/m0/s1. The predicted octanol–water partition coefficient (Wildman–Crippen LogP) is 2.97. The smallest absolute Gasteiger partial charge is 0.233 e. The van der Waals surface area contributed by atoms with E-state index in [0.717, 1.165) is 17.3 Å². The molecule has 1 heterocycles. The molecular weight excluding hydrogens is 384 g/mol. The average molecular weight is 403 g/mol. The molecule has 0 unspecified atom stereocenters. The van der Waals surface area contributed by atoms with E-state index in [-0.39, 0.29) is 54.4 Å². The molecule has 130 valence electrons. The van der Waals surface area contributed by atoms with E-state index in [1.807, 2.05) is 12.1 Å². The fourth-order valence-corrected chi connectivity index (χ4v) is 4.59. The lowest BCUT2D eigenvalue weighted by Gasteiger charge is -2.38. The van der Waals surface area contributed by atoms with Crippen LogP contribution in [0.3, 0.4) is 0 Å². The Hall–Kier alpha value is -1.95. The fraction of sp³-hybridized carbons (Fsp3) is 0.421. The van der Waals surface area contributed by atoms with Crippen LogP contribution in [0, 0.1) is 23.7 Å². The van der Waals surface area contributed by atoms with Crippen molar-refractivity contribution in [3.05, 3.63) is 40.9 Å². The van der Waals surface area contributed by atoms with Crippen LogP contribution in [0.15, 0.2) is 40.9 Å². The maximum Gasteiger partial charge on any atom is 0.233 e. The number of rotatable bonds is 4. The van der Waals surface area contributed by atoms with Crippen molar-refractivity contribution in [3.63, 3.8) is 0 Å². The van der Waals surface area contributed by atoms with E-state index in [0.29, 0.717) is 5.69 Å². The zero-order valence-electron chi connectivity index (χ0n) is 13.7. The van der Waals surface area contributed by atoms with E-state index in [2.05, 4.69) is 33.4 Å². The van der Waals surface area contributed by atoms with E-state index in [1.54, 1.807) is 12.1 Å². The van der Waals surface area contributed by atoms with Gasteiger partial charge in [-0.2, -0.15) is 0 Å². The molecule has 1 aromatic rings. The van der Waals surface area contributed by atoms with Crippen LogP contribution in [0.4, 0.5) is 5.69 Å². The molecule has 1 saturated heterocycles. The van der Waals surface area contributed by atoms with E-state index >= 15 is 0 Å². The molecule has 5 rings (SSSR count). The van der Waals surface area contributed by atoms with Gasteiger partial charge in [0.15, 0.2) is 0 Å². The summed E-state index contributed by atoms with van der Waals surface area (Å²) in [6.07, 6.45) is 6.29. The summed E-state index contributed by atoms with van der Waals surface area (Å²) in [6.45, 7) is 0.159. The molecular formula is C19H19BrN2O3. The molecule has 2 fully saturated rings. The highest BCUT2D eigenvalue weighted by atomic mass is 79.9. The third-order valence-corrected chi connectivity index (χ3v) is 6.07. The Bertz CT molecular complexity index is 726. The van der Waals surface area contributed by atoms with Crippen molar-refractivity contribution in [2.24, 2.45) is 23.7 Å². The maximum absolute atomic E-state index is 12.7. The van der Waals surface area contributed by atoms with Gasteiger partial charge in [0, 0.05) is 23.1 Å². The molecule has 4 atom stereocenters. The second kappa shape index (κ2) is 6.41. The lowest BCUT2D eigenvalue weighted by Crippen LogP contribution is -2.38. The van der Waals surface area contributed by atoms with Crippen molar-refractivity contribution < 1.29 is 14.4 Å². The van der Waals surface area contributed by atoms with Crippen LogP contribution in [0.2, 0.25) is 0 Å². The van der Waals surface area contributed by atoms with Crippen LogP contribution in [0.1, 0.15) is 19.3 Å². The second-order valence-corrected chi connectivity index (χ2v) is 7.89. The number of halogens is 1. The lowest BCUT2D eigenvalue weighted by atomic mass is 9.63. The van der Waals surface area contributed by atoms with Crippen molar-refractivity contribution in [1.82, 2.24) is 4.90 Å². The molecule has 3 amide bonds. The molecule has 1 saturated carbocycles. The number of carbonyl (C=O) groups is 3. The van der Waals surface area contributed by atoms with Crippen molar-refractivity contribution in [1.29, 1.82) is 0 Å². The minimum absolute atomic E-state index is 0.0921. The van der Waals surface area contributed by atoms with Crippen molar-refractivity contribution >= 4 is 39.3 Å². The Morgan fingerprint density at radius 2 is 1.60 bits per heavy atom. The van der Waals surface area contributed by atoms with Gasteiger partial charge in [-0.15, -0.1) is 0 Å². The Morgan fingerprint density at radius 3 is 2.12 bits per heavy atom. The van der Waals surface area contributed by atoms with Crippen LogP contribution >= 0.6 is 15.9 Å². The Labute approximate surface area is 154 Å². The highest BCUT2D eigenvalue weighted by Gasteiger charge is 2.56. The molecule has 4 aliphatic rings. The van der Waals surface area contributed by atoms with E-state index in [9.17, 15) is 14.4 Å². The number of hydrogen-bond donors (Lipinski definition) is 1. The quantitative estimate of drug-likeness (QED) is 0.621. The number of amides is 3. The van der Waals surface area contributed by atoms with Crippen LogP contribution in [-0.2, 0) is 14.4 Å². The maximum atomic E-state index is 12.7. The molecule has 0 aromatic heterocycles. The molecule has 3 aliphatic carbocycles. The van der Waals surface area contributed by atoms with Gasteiger partial charge < -0.3 is 5.32 Å². The van der Waals surface area contributed by atoms with Gasteiger partial charge in [0.2, 0.25) is 17.7 Å². The lowest BCUT2D eigenvalue weighted by molar-refractivity contribution is -0.140. The third kappa shape index (κ3) is 2.92. The van der Waals surface area contributed by atoms with E-state index in [1.165, 1.54) is 4.90 Å². The number of fused-ring (bicyclic) bond motifs is 1. The molecule has 6 heteroatoms. The normalized spacial score (nSPS) is 29.9. The van der Waals surface area contributed by atoms with Crippen LogP contribution in [0.25, 0.3) is 0 Å². The van der Waals surface area contributed by atoms with Gasteiger partial charge in [0.1, 0.15) is 0 Å². The molecule has 5 nitrogen and oxygen atoms in total. The first-order valence-electron chi connectivity index (χ1n) is 8.63. The SMILES string of the molecule is O=C(CCN1C(=O)[C@@H]2[C@@H](C1=O)[C@H]1C=C[C@H]2CC1)Nc1ccc(Br)cc1. The molecule has 2 bridgehead atoms. The van der Waals surface area contributed by atoms with Gasteiger partial charge in [-0.25, -0.2) is 0 Å². The largest absolute Gasteiger partial charge is 0.326 e. The van der Waals surface area contributed by atoms with Gasteiger partial charge in [0.05, 0.1) is 11.8 Å². The zero-order valence-corrected chi connectivity index (χ0v) is 15.2. The topological polar surface area (TPSA) is 66.5 Å². The first-order valence-corrected chi connectivity index (χ1v) is 9.43. The molecule has 0 spiro atoms. The van der Waals surface area contributed by atoms with Gasteiger partial charge in [-0.3, -0.25) is 19.3 Å². The number of allylic oxidation sites excluding steroid dienone is 2. The number of anilines is 1. The number of imide groups is 1. The number of likely N-dealkylation sites (tertiary alicyclic amines) is 1. The van der Waals surface area contributed by atoms with Gasteiger partial charge >= 0.3 is 0 Å². The summed E-state index contributed by atoms with van der Waals surface area (Å²) in [5.74, 6) is -0.410. The summed E-state index contributed by atoms with van der Waals surface area (Å²) in [4.78, 5) is 38.8. The molecule has 1 aromatic carbocycles. The Kier molecular flexibility index (Phi) is 4.23. The predicted molar refractivity (Wildman–Crippen MR) is 96.4 cm³/mol. The van der Waals surface area contributed by atoms with Gasteiger partial charge in [-0.1, -0.05) is 28.1 Å². The third-order valence-electron chi connectivity index (χ3n) is 5.54. The van der Waals surface area contributed by atoms with Crippen LogP contribution < -0.4 is 5.32 Å².